The van der Waals surface area contributed by atoms with Crippen molar-refractivity contribution in [2.24, 2.45) is 23.2 Å². The minimum atomic E-state index is -1.18. The Bertz CT molecular complexity index is 1630. The molecule has 5 atom stereocenters. The van der Waals surface area contributed by atoms with E-state index in [1.807, 2.05) is 38.1 Å². The van der Waals surface area contributed by atoms with E-state index in [-0.39, 0.29) is 49.5 Å². The zero-order chi connectivity index (χ0) is 39.3. The highest BCUT2D eigenvalue weighted by Gasteiger charge is 2.48. The summed E-state index contributed by atoms with van der Waals surface area (Å²) >= 11 is 0. The van der Waals surface area contributed by atoms with Crippen molar-refractivity contribution < 1.29 is 38.3 Å². The number of hydrogen-bond acceptors (Lipinski definition) is 8. The van der Waals surface area contributed by atoms with Crippen molar-refractivity contribution in [1.29, 1.82) is 0 Å². The highest BCUT2D eigenvalue weighted by Crippen LogP contribution is 2.35. The van der Waals surface area contributed by atoms with Crippen LogP contribution in [0.1, 0.15) is 84.3 Å². The lowest BCUT2D eigenvalue weighted by atomic mass is 9.85. The van der Waals surface area contributed by atoms with Crippen LogP contribution in [0.25, 0.3) is 0 Å². The number of ketones is 2. The van der Waals surface area contributed by atoms with E-state index in [2.05, 4.69) is 27.8 Å². The monoisotopic (exact) mass is 748 g/mol. The summed E-state index contributed by atoms with van der Waals surface area (Å²) in [5.74, 6) is -3.03. The first kappa shape index (κ1) is 40.4. The molecule has 6 amide bonds. The van der Waals surface area contributed by atoms with Crippen LogP contribution in [0.3, 0.4) is 0 Å². The van der Waals surface area contributed by atoms with Crippen molar-refractivity contribution in [3.8, 4) is 0 Å². The van der Waals surface area contributed by atoms with Crippen molar-refractivity contribution in [3.05, 3.63) is 48.0 Å². The molecule has 0 bridgehead atoms. The molecule has 1 aromatic carbocycles. The van der Waals surface area contributed by atoms with Gasteiger partial charge in [0.2, 0.25) is 17.6 Å². The molecule has 2 heterocycles. The molecule has 14 heteroatoms. The van der Waals surface area contributed by atoms with Crippen LogP contribution in [0, 0.1) is 23.2 Å². The third-order valence-electron chi connectivity index (χ3n) is 10.7. The first-order valence-corrected chi connectivity index (χ1v) is 19.2. The fraction of sp³-hybridized carbons (Fsp3) is 0.625. The van der Waals surface area contributed by atoms with E-state index in [0.717, 1.165) is 36.8 Å². The van der Waals surface area contributed by atoms with Crippen LogP contribution in [-0.4, -0.2) is 101 Å². The molecule has 1 aromatic rings. The third kappa shape index (κ3) is 10.3. The summed E-state index contributed by atoms with van der Waals surface area (Å²) in [6.45, 7) is 13.3. The van der Waals surface area contributed by atoms with E-state index in [9.17, 15) is 33.6 Å². The minimum absolute atomic E-state index is 0.0367. The van der Waals surface area contributed by atoms with Gasteiger partial charge in [-0.15, -0.1) is 6.58 Å². The quantitative estimate of drug-likeness (QED) is 0.156. The van der Waals surface area contributed by atoms with Crippen molar-refractivity contribution in [2.75, 3.05) is 19.6 Å². The summed E-state index contributed by atoms with van der Waals surface area (Å²) in [5.41, 5.74) is 1.32. The number of ether oxygens (including phenoxy) is 1. The van der Waals surface area contributed by atoms with Gasteiger partial charge in [0.1, 0.15) is 18.2 Å². The molecule has 2 saturated carbocycles. The summed E-state index contributed by atoms with van der Waals surface area (Å²) in [6.07, 6.45) is 4.17. The third-order valence-corrected chi connectivity index (χ3v) is 10.7. The van der Waals surface area contributed by atoms with Crippen LogP contribution in [0.15, 0.2) is 36.9 Å². The van der Waals surface area contributed by atoms with Crippen LogP contribution in [0.2, 0.25) is 0 Å². The Morgan fingerprint density at radius 1 is 0.963 bits per heavy atom. The van der Waals surface area contributed by atoms with Crippen LogP contribution < -0.4 is 21.3 Å². The molecule has 5 rings (SSSR count). The van der Waals surface area contributed by atoms with Gasteiger partial charge in [-0.1, -0.05) is 77.8 Å². The predicted molar refractivity (Wildman–Crippen MR) is 200 cm³/mol. The van der Waals surface area contributed by atoms with Crippen molar-refractivity contribution in [2.45, 2.75) is 116 Å². The number of rotatable bonds is 15. The predicted octanol–water partition coefficient (Wildman–Crippen LogP) is 3.02. The number of benzene rings is 1. The molecule has 3 fully saturated rings. The molecule has 4 N–H and O–H groups in total. The Morgan fingerprint density at radius 3 is 2.26 bits per heavy atom. The van der Waals surface area contributed by atoms with E-state index >= 15 is 0 Å². The number of Topliss-reactive ketones (excluding diaryl/α,β-unsaturated/α-hetero) is 2. The van der Waals surface area contributed by atoms with Crippen molar-refractivity contribution >= 4 is 41.4 Å². The van der Waals surface area contributed by atoms with Crippen LogP contribution in [0.5, 0.6) is 0 Å². The van der Waals surface area contributed by atoms with Gasteiger partial charge in [-0.2, -0.15) is 0 Å². The second-order valence-corrected chi connectivity index (χ2v) is 16.6. The standard InChI is InChI=1S/C40H56N6O8/c1-7-17-41-36(50)33(48)29(19-24-12-13-24)42-35(49)30-20-28(54-39(53)45-18-16-25-10-8-9-11-27(25)21-45)22-46(30)37(51)34(40(4,5)6)44-38(52)43-31(23(2)3)32(47)26-14-15-26/h7-11,23-24,26,28-31,34H,1,12-22H2,2-6H3,(H,41,50)(H,42,49)(H2,43,44,52)/t28?,29?,30-,31-,34+/m0/s1. The highest BCUT2D eigenvalue weighted by atomic mass is 16.6. The van der Waals surface area contributed by atoms with E-state index in [1.54, 1.807) is 25.7 Å². The van der Waals surface area contributed by atoms with Gasteiger partial charge in [-0.05, 0) is 54.1 Å². The molecule has 0 aromatic heterocycles. The van der Waals surface area contributed by atoms with Gasteiger partial charge in [0.15, 0.2) is 5.78 Å². The second kappa shape index (κ2) is 17.2. The van der Waals surface area contributed by atoms with Gasteiger partial charge in [0, 0.05) is 32.0 Å². The molecule has 2 aliphatic carbocycles. The maximum atomic E-state index is 14.6. The van der Waals surface area contributed by atoms with Gasteiger partial charge in [-0.3, -0.25) is 24.0 Å². The fourth-order valence-electron chi connectivity index (χ4n) is 7.16. The van der Waals surface area contributed by atoms with Crippen LogP contribution in [-0.2, 0) is 41.7 Å². The first-order valence-electron chi connectivity index (χ1n) is 19.2. The van der Waals surface area contributed by atoms with Crippen molar-refractivity contribution in [3.63, 3.8) is 0 Å². The molecule has 2 unspecified atom stereocenters. The molecular weight excluding hydrogens is 692 g/mol. The Kier molecular flexibility index (Phi) is 12.8. The summed E-state index contributed by atoms with van der Waals surface area (Å²) in [6, 6.07) is 2.98. The number of fused-ring (bicyclic) bond motifs is 1. The Hall–Kier alpha value is -4.75. The Labute approximate surface area is 317 Å². The number of carbonyl (C=O) groups excluding carboxylic acids is 7. The number of nitrogens with zero attached hydrogens (tertiary/aromatic N) is 2. The fourth-order valence-corrected chi connectivity index (χ4v) is 7.16. The second-order valence-electron chi connectivity index (χ2n) is 16.6. The summed E-state index contributed by atoms with van der Waals surface area (Å²) in [5, 5.41) is 10.8. The molecule has 2 aliphatic heterocycles. The number of likely N-dealkylation sites (tertiary alicyclic amines) is 1. The average Bonchev–Trinajstić information content (AvgIpc) is 4.08. The number of urea groups is 1. The zero-order valence-electron chi connectivity index (χ0n) is 32.2. The molecule has 294 valence electrons. The highest BCUT2D eigenvalue weighted by molar-refractivity contribution is 6.38. The van der Waals surface area contributed by atoms with E-state index in [1.165, 1.54) is 11.0 Å². The largest absolute Gasteiger partial charge is 0.444 e. The SMILES string of the molecule is C=CCNC(=O)C(=O)C(CC1CC1)NC(=O)[C@@H]1CC(OC(=O)N2CCc3ccccc3C2)CN1C(=O)[C@@H](NC(=O)N[C@H](C(=O)C1CC1)C(C)C)C(C)(C)C. The smallest absolute Gasteiger partial charge is 0.410 e. The van der Waals surface area contributed by atoms with E-state index in [4.69, 9.17) is 4.74 Å². The van der Waals surface area contributed by atoms with Gasteiger partial charge in [0.05, 0.1) is 18.6 Å². The van der Waals surface area contributed by atoms with Gasteiger partial charge in [0.25, 0.3) is 5.91 Å². The lowest BCUT2D eigenvalue weighted by molar-refractivity contribution is -0.144. The zero-order valence-corrected chi connectivity index (χ0v) is 32.2. The minimum Gasteiger partial charge on any atom is -0.444 e. The summed E-state index contributed by atoms with van der Waals surface area (Å²) in [7, 11) is 0. The van der Waals surface area contributed by atoms with E-state index < -0.39 is 71.3 Å². The topological polar surface area (TPSA) is 183 Å². The Balaban J connectivity index is 1.36. The van der Waals surface area contributed by atoms with E-state index in [0.29, 0.717) is 19.5 Å². The first-order chi connectivity index (χ1) is 25.6. The molecule has 0 spiro atoms. The molecule has 0 radical (unpaired) electrons. The maximum Gasteiger partial charge on any atom is 0.410 e. The number of hydrogen-bond donors (Lipinski definition) is 4. The lowest BCUT2D eigenvalue weighted by Gasteiger charge is -2.36. The molecule has 4 aliphatic rings. The lowest BCUT2D eigenvalue weighted by Crippen LogP contribution is -2.61. The number of nitrogens with one attached hydrogen (secondary N) is 4. The summed E-state index contributed by atoms with van der Waals surface area (Å²) in [4.78, 5) is 97.4. The number of amides is 6. The van der Waals surface area contributed by atoms with Crippen LogP contribution >= 0.6 is 0 Å². The molecule has 1 saturated heterocycles. The molecular formula is C40H56N6O8. The normalized spacial score (nSPS) is 21.2. The van der Waals surface area contributed by atoms with Crippen LogP contribution in [0.4, 0.5) is 9.59 Å². The number of carbonyl (C=O) groups is 7. The van der Waals surface area contributed by atoms with Gasteiger partial charge < -0.3 is 35.8 Å². The average molecular weight is 749 g/mol. The Morgan fingerprint density at radius 2 is 1.65 bits per heavy atom. The molecule has 14 nitrogen and oxygen atoms in total. The van der Waals surface area contributed by atoms with Gasteiger partial charge >= 0.3 is 12.1 Å². The summed E-state index contributed by atoms with van der Waals surface area (Å²) < 4.78 is 5.95. The molecule has 54 heavy (non-hydrogen) atoms. The van der Waals surface area contributed by atoms with Gasteiger partial charge in [-0.25, -0.2) is 9.59 Å². The van der Waals surface area contributed by atoms with Crippen molar-refractivity contribution in [1.82, 2.24) is 31.1 Å². The maximum absolute atomic E-state index is 14.6.